The third kappa shape index (κ3) is 5.21. The van der Waals surface area contributed by atoms with E-state index in [0.29, 0.717) is 5.75 Å². The first-order valence-corrected chi connectivity index (χ1v) is 8.73. The van der Waals surface area contributed by atoms with Gasteiger partial charge < -0.3 is 5.11 Å². The molecule has 1 fully saturated rings. The van der Waals surface area contributed by atoms with Crippen LogP contribution in [0.3, 0.4) is 0 Å². The van der Waals surface area contributed by atoms with Gasteiger partial charge in [0.25, 0.3) is 6.20 Å². The van der Waals surface area contributed by atoms with Gasteiger partial charge in [-0.2, -0.15) is 5.01 Å². The molecule has 1 atom stereocenters. The minimum absolute atomic E-state index is 0.00613. The van der Waals surface area contributed by atoms with Crippen LogP contribution < -0.4 is 14.9 Å². The van der Waals surface area contributed by atoms with E-state index in [1.165, 1.54) is 6.92 Å². The van der Waals surface area contributed by atoms with E-state index in [4.69, 9.17) is 4.52 Å². The maximum absolute atomic E-state index is 12.0. The van der Waals surface area contributed by atoms with Crippen molar-refractivity contribution in [1.82, 2.24) is 10.2 Å². The topological polar surface area (TPSA) is 88.9 Å². The van der Waals surface area contributed by atoms with E-state index in [-0.39, 0.29) is 22.8 Å². The number of hydrogen-bond donors (Lipinski definition) is 0. The van der Waals surface area contributed by atoms with Crippen LogP contribution in [0.25, 0.3) is 0 Å². The zero-order valence-corrected chi connectivity index (χ0v) is 14.6. The molecule has 1 aliphatic rings. The van der Waals surface area contributed by atoms with Crippen molar-refractivity contribution in [2.75, 3.05) is 43.5 Å². The zero-order chi connectivity index (χ0) is 16.8. The molecule has 0 saturated carbocycles. The van der Waals surface area contributed by atoms with Gasteiger partial charge in [-0.3, -0.25) is 14.2 Å². The maximum atomic E-state index is 12.0. The van der Waals surface area contributed by atoms with Gasteiger partial charge in [-0.1, -0.05) is 25.6 Å². The molecule has 0 bridgehead atoms. The molecule has 0 N–H and O–H groups in total. The third-order valence-electron chi connectivity index (χ3n) is 3.71. The summed E-state index contributed by atoms with van der Waals surface area (Å²) in [5.41, 5.74) is 0. The van der Waals surface area contributed by atoms with Crippen LogP contribution >= 0.6 is 11.8 Å². The summed E-state index contributed by atoms with van der Waals surface area (Å²) < 4.78 is 5.11. The monoisotopic (exact) mass is 341 g/mol. The minimum atomic E-state index is -0.337. The summed E-state index contributed by atoms with van der Waals surface area (Å²) >= 11 is 1.12. The molecule has 0 unspecified atom stereocenters. The Morgan fingerprint density at radius 2 is 2.22 bits per heavy atom. The van der Waals surface area contributed by atoms with Gasteiger partial charge in [0.2, 0.25) is 5.27 Å². The Balaban J connectivity index is 1.93. The Kier molecular flexibility index (Phi) is 6.40. The van der Waals surface area contributed by atoms with Crippen LogP contribution in [0.15, 0.2) is 15.7 Å². The second kappa shape index (κ2) is 8.30. The first-order chi connectivity index (χ1) is 11.0. The number of aromatic nitrogens is 2. The number of aliphatic imine (C=N–C) groups is 1. The Labute approximate surface area is 140 Å². The van der Waals surface area contributed by atoms with E-state index in [0.717, 1.165) is 44.5 Å². The molecule has 9 heteroatoms. The molecule has 1 saturated heterocycles. The second-order valence-corrected chi connectivity index (χ2v) is 6.70. The lowest BCUT2D eigenvalue weighted by molar-refractivity contribution is -0.759. The summed E-state index contributed by atoms with van der Waals surface area (Å²) in [6.07, 6.45) is 1.62. The molecule has 0 radical (unpaired) electrons. The van der Waals surface area contributed by atoms with Gasteiger partial charge in [0.15, 0.2) is 5.12 Å². The highest BCUT2D eigenvalue weighted by molar-refractivity contribution is 8.13. The van der Waals surface area contributed by atoms with Crippen LogP contribution in [0.5, 0.6) is 0 Å². The van der Waals surface area contributed by atoms with Gasteiger partial charge in [0, 0.05) is 25.8 Å². The average molecular weight is 341 g/mol. The Morgan fingerprint density at radius 3 is 2.83 bits per heavy atom. The fourth-order valence-corrected chi connectivity index (χ4v) is 2.83. The van der Waals surface area contributed by atoms with Gasteiger partial charge in [-0.05, 0) is 18.4 Å². The van der Waals surface area contributed by atoms with E-state index < -0.39 is 0 Å². The van der Waals surface area contributed by atoms with Crippen molar-refractivity contribution in [3.05, 3.63) is 6.20 Å². The van der Waals surface area contributed by atoms with Crippen LogP contribution in [0.2, 0.25) is 0 Å². The van der Waals surface area contributed by atoms with Gasteiger partial charge in [-0.25, -0.2) is 4.99 Å². The maximum Gasteiger partial charge on any atom is 0.324 e. The Morgan fingerprint density at radius 1 is 1.52 bits per heavy atom. The molecular formula is C14H23N5O3S. The van der Waals surface area contributed by atoms with E-state index in [1.54, 1.807) is 17.9 Å². The number of rotatable bonds is 6. The standard InChI is InChI=1S/C14H23N5O3S/c1-4-17-5-7-18(8-6-17)19-9-13(22-16-19)15-14(21)11(2)10-23-12(3)20/h9,11H,4-8,10H2,1-3H3/t11-/m1/s1. The molecule has 8 nitrogen and oxygen atoms in total. The van der Waals surface area contributed by atoms with Crippen LogP contribution in [-0.2, 0) is 4.79 Å². The summed E-state index contributed by atoms with van der Waals surface area (Å²) in [5.74, 6) is -0.0360. The average Bonchev–Trinajstić information content (AvgIpc) is 3.01. The summed E-state index contributed by atoms with van der Waals surface area (Å²) in [6.45, 7) is 10.1. The van der Waals surface area contributed by atoms with Gasteiger partial charge in [0.05, 0.1) is 17.9 Å². The van der Waals surface area contributed by atoms with E-state index >= 15 is 0 Å². The van der Waals surface area contributed by atoms with Crippen molar-refractivity contribution < 1.29 is 19.2 Å². The first kappa shape index (κ1) is 17.7. The van der Waals surface area contributed by atoms with Crippen molar-refractivity contribution >= 4 is 28.7 Å². The molecule has 1 aliphatic heterocycles. The fraction of sp³-hybridized carbons (Fsp3) is 0.714. The van der Waals surface area contributed by atoms with Crippen LogP contribution in [-0.4, -0.2) is 59.7 Å². The summed E-state index contributed by atoms with van der Waals surface area (Å²) in [5, 5.41) is 17.9. The van der Waals surface area contributed by atoms with E-state index in [2.05, 4.69) is 22.1 Å². The van der Waals surface area contributed by atoms with Crippen molar-refractivity contribution in [3.63, 3.8) is 0 Å². The predicted molar refractivity (Wildman–Crippen MR) is 86.2 cm³/mol. The normalized spacial score (nSPS) is 18.2. The number of carbonyl (C=O) groups is 1. The lowest BCUT2D eigenvalue weighted by Gasteiger charge is -2.28. The summed E-state index contributed by atoms with van der Waals surface area (Å²) in [6, 6.07) is 0. The van der Waals surface area contributed by atoms with E-state index in [1.807, 2.05) is 5.01 Å². The fourth-order valence-electron chi connectivity index (χ4n) is 2.20. The van der Waals surface area contributed by atoms with Gasteiger partial charge in [-0.15, -0.1) is 0 Å². The SMILES string of the molecule is CCN1CCN([n+]2cc(N=C([O-])[C@H](C)CSC(C)=O)on2)CC1. The molecule has 0 aromatic carbocycles. The second-order valence-electron chi connectivity index (χ2n) is 5.50. The van der Waals surface area contributed by atoms with Gasteiger partial charge in [0.1, 0.15) is 0 Å². The first-order valence-electron chi connectivity index (χ1n) is 7.74. The highest BCUT2D eigenvalue weighted by Gasteiger charge is 2.25. The van der Waals surface area contributed by atoms with Crippen LogP contribution in [0.4, 0.5) is 5.88 Å². The smallest absolute Gasteiger partial charge is 0.324 e. The highest BCUT2D eigenvalue weighted by atomic mass is 32.2. The number of likely N-dealkylation sites (N-methyl/N-ethyl adjacent to an activating group) is 1. The quantitative estimate of drug-likeness (QED) is 0.393. The lowest BCUT2D eigenvalue weighted by Crippen LogP contribution is -2.65. The largest absolute Gasteiger partial charge is 0.861 e. The molecule has 0 spiro atoms. The Hall–Kier alpha value is -1.61. The summed E-state index contributed by atoms with van der Waals surface area (Å²) in [4.78, 5) is 18.8. The molecule has 23 heavy (non-hydrogen) atoms. The number of piperazine rings is 1. The summed E-state index contributed by atoms with van der Waals surface area (Å²) in [7, 11) is 0. The number of carbonyl (C=O) groups excluding carboxylic acids is 1. The molecule has 1 aromatic heterocycles. The van der Waals surface area contributed by atoms with Crippen molar-refractivity contribution in [2.45, 2.75) is 20.8 Å². The zero-order valence-electron chi connectivity index (χ0n) is 13.8. The molecule has 2 heterocycles. The van der Waals surface area contributed by atoms with Crippen LogP contribution in [0.1, 0.15) is 20.8 Å². The predicted octanol–water partition coefficient (Wildman–Crippen LogP) is -0.458. The van der Waals surface area contributed by atoms with Crippen LogP contribution in [0, 0.1) is 5.92 Å². The number of thioether (sulfide) groups is 1. The molecule has 0 amide bonds. The van der Waals surface area contributed by atoms with Crippen molar-refractivity contribution in [3.8, 4) is 0 Å². The van der Waals surface area contributed by atoms with Crippen molar-refractivity contribution in [2.24, 2.45) is 10.9 Å². The molecule has 2 rings (SSSR count). The number of hydrogen-bond acceptors (Lipinski definition) is 8. The molecule has 1 aromatic rings. The number of nitrogens with zero attached hydrogens (tertiary/aromatic N) is 5. The highest BCUT2D eigenvalue weighted by Crippen LogP contribution is 2.13. The van der Waals surface area contributed by atoms with Crippen molar-refractivity contribution in [1.29, 1.82) is 0 Å². The van der Waals surface area contributed by atoms with Gasteiger partial charge >= 0.3 is 5.88 Å². The third-order valence-corrected chi connectivity index (χ3v) is 4.78. The molecule has 0 aliphatic carbocycles. The minimum Gasteiger partial charge on any atom is -0.861 e. The lowest BCUT2D eigenvalue weighted by atomic mass is 10.2. The molecule has 128 valence electrons. The molecular weight excluding hydrogens is 318 g/mol. The Bertz CT molecular complexity index is 554. The van der Waals surface area contributed by atoms with E-state index in [9.17, 15) is 9.90 Å².